The maximum atomic E-state index is 13.2. The maximum Gasteiger partial charge on any atom is 0.407 e. The van der Waals surface area contributed by atoms with E-state index < -0.39 is 23.9 Å². The van der Waals surface area contributed by atoms with Crippen LogP contribution in [0.4, 0.5) is 16.2 Å². The molecule has 3 aliphatic rings. The maximum absolute atomic E-state index is 13.2. The van der Waals surface area contributed by atoms with Crippen LogP contribution in [-0.4, -0.2) is 60.3 Å². The van der Waals surface area contributed by atoms with Crippen LogP contribution in [0, 0.1) is 0 Å². The molecule has 2 heterocycles. The Bertz CT molecular complexity index is 1950. The number of alkyl carbamates (subject to hydrolysis) is 1. The molecule has 1 aliphatic carbocycles. The third-order valence-electron chi connectivity index (χ3n) is 9.14. The quantitative estimate of drug-likeness (QED) is 0.170. The first-order chi connectivity index (χ1) is 23.9. The lowest BCUT2D eigenvalue weighted by atomic mass is 9.98. The van der Waals surface area contributed by atoms with Crippen molar-refractivity contribution in [3.8, 4) is 11.1 Å². The van der Waals surface area contributed by atoms with E-state index in [4.69, 9.17) is 15.5 Å². The summed E-state index contributed by atoms with van der Waals surface area (Å²) in [7, 11) is 0. The largest absolute Gasteiger partial charge is 0.449 e. The predicted octanol–water partition coefficient (Wildman–Crippen LogP) is 4.83. The lowest BCUT2D eigenvalue weighted by Gasteiger charge is -2.24. The zero-order valence-corrected chi connectivity index (χ0v) is 26.8. The highest BCUT2D eigenvalue weighted by Gasteiger charge is 2.36. The van der Waals surface area contributed by atoms with Gasteiger partial charge in [0.15, 0.2) is 0 Å². The van der Waals surface area contributed by atoms with E-state index in [1.54, 1.807) is 29.2 Å². The zero-order valence-electron chi connectivity index (χ0n) is 26.8. The van der Waals surface area contributed by atoms with Crippen molar-refractivity contribution in [2.75, 3.05) is 25.0 Å². The van der Waals surface area contributed by atoms with E-state index in [9.17, 15) is 19.2 Å². The number of hydrogen-bond acceptors (Lipinski definition) is 7. The fourth-order valence-electron chi connectivity index (χ4n) is 6.74. The number of amides is 4. The fraction of sp³-hybridized carbons (Fsp3) is 0.237. The van der Waals surface area contributed by atoms with Gasteiger partial charge in [0.2, 0.25) is 11.8 Å². The van der Waals surface area contributed by atoms with E-state index >= 15 is 0 Å². The molecule has 0 unspecified atom stereocenters. The number of benzene rings is 4. The summed E-state index contributed by atoms with van der Waals surface area (Å²) in [6.07, 6.45) is 0.907. The van der Waals surface area contributed by atoms with Gasteiger partial charge in [-0.2, -0.15) is 0 Å². The first-order valence-electron chi connectivity index (χ1n) is 16.4. The van der Waals surface area contributed by atoms with Crippen molar-refractivity contribution >= 4 is 41.0 Å². The van der Waals surface area contributed by atoms with Crippen molar-refractivity contribution in [2.45, 2.75) is 37.8 Å². The van der Waals surface area contributed by atoms with E-state index in [0.29, 0.717) is 49.4 Å². The molecule has 2 aliphatic heterocycles. The van der Waals surface area contributed by atoms with Crippen molar-refractivity contribution in [3.63, 3.8) is 0 Å². The second-order valence-corrected chi connectivity index (χ2v) is 12.3. The highest BCUT2D eigenvalue weighted by atomic mass is 16.5. The van der Waals surface area contributed by atoms with Crippen LogP contribution >= 0.6 is 0 Å². The van der Waals surface area contributed by atoms with Crippen molar-refractivity contribution in [1.82, 2.24) is 15.5 Å². The van der Waals surface area contributed by atoms with Crippen molar-refractivity contribution in [1.29, 1.82) is 0 Å². The van der Waals surface area contributed by atoms with Crippen molar-refractivity contribution in [2.24, 2.45) is 10.7 Å². The second kappa shape index (κ2) is 13.7. The Labute approximate surface area is 283 Å². The number of nitrogens with two attached hydrogens (primary N) is 1. The summed E-state index contributed by atoms with van der Waals surface area (Å²) < 4.78 is 5.66. The molecule has 0 fully saturated rings. The van der Waals surface area contributed by atoms with E-state index in [1.807, 2.05) is 54.6 Å². The molecule has 7 rings (SSSR count). The molecule has 0 spiro atoms. The second-order valence-electron chi connectivity index (χ2n) is 12.3. The zero-order chi connectivity index (χ0) is 33.9. The van der Waals surface area contributed by atoms with E-state index in [1.165, 1.54) is 0 Å². The Hall–Kier alpha value is -5.81. The van der Waals surface area contributed by atoms with Crippen LogP contribution in [-0.2, 0) is 20.9 Å². The Morgan fingerprint density at radius 2 is 1.55 bits per heavy atom. The predicted molar refractivity (Wildman–Crippen MR) is 185 cm³/mol. The number of nitrogens with one attached hydrogen (secondary N) is 3. The van der Waals surface area contributed by atoms with Gasteiger partial charge in [-0.1, -0.05) is 66.7 Å². The first kappa shape index (κ1) is 31.8. The molecular weight excluding hydrogens is 620 g/mol. The van der Waals surface area contributed by atoms with Crippen molar-refractivity contribution in [3.05, 3.63) is 119 Å². The van der Waals surface area contributed by atoms with Gasteiger partial charge in [-0.05, 0) is 77.9 Å². The van der Waals surface area contributed by atoms with Crippen LogP contribution < -0.4 is 21.7 Å². The molecule has 49 heavy (non-hydrogen) atoms. The van der Waals surface area contributed by atoms with Crippen LogP contribution in [0.1, 0.15) is 57.8 Å². The smallest absolute Gasteiger partial charge is 0.407 e. The third-order valence-corrected chi connectivity index (χ3v) is 9.14. The SMILES string of the molecule is NCCCC[C@H](NC(=O)OCC1c2ccccc2-c2ccccc21)C(=O)NCC(=O)Nc1ccc2c(c1)CN1C(=O)c3ccccc3C1=N2. The molecule has 248 valence electrons. The number of carbonyl (C=O) groups is 4. The summed E-state index contributed by atoms with van der Waals surface area (Å²) >= 11 is 0. The lowest BCUT2D eigenvalue weighted by Crippen LogP contribution is -2.48. The Morgan fingerprint density at radius 3 is 2.27 bits per heavy atom. The van der Waals surface area contributed by atoms with Gasteiger partial charge in [-0.3, -0.25) is 19.3 Å². The molecule has 4 aromatic carbocycles. The topological polar surface area (TPSA) is 155 Å². The standard InChI is InChI=1S/C38H36N6O5/c39-18-8-7-15-33(43-38(48)49-22-31-27-11-3-1-9-25(27)26-10-2-4-12-28(26)31)36(46)40-20-34(45)41-24-16-17-32-23(19-24)21-44-35(42-32)29-13-5-6-14-30(29)37(44)47/h1-6,9-14,16-17,19,31,33H,7-8,15,18,20-22,39H2,(H,40,46)(H,41,45)(H,43,48)/t33-/m0/s1. The van der Waals surface area contributed by atoms with Gasteiger partial charge >= 0.3 is 6.09 Å². The number of amidine groups is 1. The average molecular weight is 657 g/mol. The van der Waals surface area contributed by atoms with Crippen LogP contribution in [0.25, 0.3) is 11.1 Å². The van der Waals surface area contributed by atoms with Crippen LogP contribution in [0.5, 0.6) is 0 Å². The molecule has 4 amide bonds. The minimum Gasteiger partial charge on any atom is -0.449 e. The molecule has 11 heteroatoms. The summed E-state index contributed by atoms with van der Waals surface area (Å²) in [6.45, 7) is 0.589. The molecule has 1 atom stereocenters. The first-order valence-corrected chi connectivity index (χ1v) is 16.4. The number of fused-ring (bicyclic) bond motifs is 7. The van der Waals surface area contributed by atoms with E-state index in [2.05, 4.69) is 28.1 Å². The minimum atomic E-state index is -0.909. The fourth-order valence-corrected chi connectivity index (χ4v) is 6.74. The Balaban J connectivity index is 0.943. The lowest BCUT2D eigenvalue weighted by molar-refractivity contribution is -0.125. The molecule has 0 radical (unpaired) electrons. The minimum absolute atomic E-state index is 0.107. The molecule has 0 saturated carbocycles. The summed E-state index contributed by atoms with van der Waals surface area (Å²) in [5.74, 6) is -0.541. The molecule has 0 saturated heterocycles. The summed E-state index contributed by atoms with van der Waals surface area (Å²) in [5, 5.41) is 8.13. The number of rotatable bonds is 11. The Kier molecular flexibility index (Phi) is 8.91. The van der Waals surface area contributed by atoms with Gasteiger partial charge in [0.25, 0.3) is 5.91 Å². The number of carbonyl (C=O) groups excluding carboxylic acids is 4. The summed E-state index contributed by atoms with van der Waals surface area (Å²) in [6, 6.07) is 27.9. The highest BCUT2D eigenvalue weighted by molar-refractivity contribution is 6.24. The number of hydrogen-bond donors (Lipinski definition) is 4. The van der Waals surface area contributed by atoms with Gasteiger partial charge in [-0.25, -0.2) is 9.79 Å². The molecule has 0 bridgehead atoms. The van der Waals surface area contributed by atoms with Gasteiger partial charge in [-0.15, -0.1) is 0 Å². The number of ether oxygens (including phenoxy) is 1. The summed E-state index contributed by atoms with van der Waals surface area (Å²) in [4.78, 5) is 58.3. The van der Waals surface area contributed by atoms with Crippen LogP contribution in [0.3, 0.4) is 0 Å². The number of aliphatic imine (C=N–C) groups is 1. The van der Waals surface area contributed by atoms with Gasteiger partial charge in [0, 0.05) is 17.2 Å². The average Bonchev–Trinajstić information content (AvgIpc) is 3.59. The molecule has 11 nitrogen and oxygen atoms in total. The molecule has 4 aromatic rings. The van der Waals surface area contributed by atoms with Crippen LogP contribution in [0.2, 0.25) is 0 Å². The molecule has 0 aromatic heterocycles. The number of unbranched alkanes of at least 4 members (excludes halogenated alkanes) is 1. The van der Waals surface area contributed by atoms with E-state index in [0.717, 1.165) is 39.1 Å². The van der Waals surface area contributed by atoms with Crippen LogP contribution in [0.15, 0.2) is 96.0 Å². The Morgan fingerprint density at radius 1 is 0.878 bits per heavy atom. The van der Waals surface area contributed by atoms with E-state index in [-0.39, 0.29) is 25.0 Å². The molecular formula is C38H36N6O5. The third kappa shape index (κ3) is 6.40. The van der Waals surface area contributed by atoms with Gasteiger partial charge < -0.3 is 26.4 Å². The number of nitrogens with zero attached hydrogens (tertiary/aromatic N) is 2. The number of anilines is 1. The van der Waals surface area contributed by atoms with Crippen molar-refractivity contribution < 1.29 is 23.9 Å². The highest BCUT2D eigenvalue weighted by Crippen LogP contribution is 2.44. The molecule has 5 N–H and O–H groups in total. The summed E-state index contributed by atoms with van der Waals surface area (Å²) in [5.41, 5.74) is 13.5. The normalized spacial score (nSPS) is 14.4. The van der Waals surface area contributed by atoms with Gasteiger partial charge in [0.05, 0.1) is 24.3 Å². The van der Waals surface area contributed by atoms with Gasteiger partial charge in [0.1, 0.15) is 18.5 Å². The monoisotopic (exact) mass is 656 g/mol.